The molecule has 1 N–H and O–H groups in total. The summed E-state index contributed by atoms with van der Waals surface area (Å²) >= 11 is 1.66. The Morgan fingerprint density at radius 3 is 2.54 bits per heavy atom. The van der Waals surface area contributed by atoms with E-state index in [1.807, 2.05) is 0 Å². The van der Waals surface area contributed by atoms with Crippen LogP contribution in [0.1, 0.15) is 37.7 Å². The first-order chi connectivity index (χ1) is 13.7. The van der Waals surface area contributed by atoms with E-state index in [4.69, 9.17) is 4.74 Å². The van der Waals surface area contributed by atoms with Crippen LogP contribution in [-0.2, 0) is 0 Å². The number of hydrogen-bond acceptors (Lipinski definition) is 5. The van der Waals surface area contributed by atoms with E-state index in [1.54, 1.807) is 17.7 Å². The van der Waals surface area contributed by atoms with E-state index in [1.165, 1.54) is 37.7 Å². The molecule has 2 aromatic heterocycles. The molecule has 4 saturated carbocycles. The lowest BCUT2D eigenvalue weighted by molar-refractivity contribution is -0.0787. The summed E-state index contributed by atoms with van der Waals surface area (Å²) in [6, 6.07) is 8.33. The Hall–Kier alpha value is -2.14. The van der Waals surface area contributed by atoms with E-state index in [-0.39, 0.29) is 0 Å². The SMILES string of the molecule is Cc1csc2ncnc(Nc3ccccc3OC3C4CC5CC(C4)CC3C5)c12. The van der Waals surface area contributed by atoms with Gasteiger partial charge in [0.15, 0.2) is 0 Å². The first-order valence-corrected chi connectivity index (χ1v) is 11.3. The number of ether oxygens (including phenoxy) is 1. The minimum absolute atomic E-state index is 0.379. The van der Waals surface area contributed by atoms with E-state index >= 15 is 0 Å². The summed E-state index contributed by atoms with van der Waals surface area (Å²) in [5.74, 6) is 5.24. The summed E-state index contributed by atoms with van der Waals surface area (Å²) in [5, 5.41) is 6.79. The number of anilines is 2. The van der Waals surface area contributed by atoms with E-state index < -0.39 is 0 Å². The zero-order valence-electron chi connectivity index (χ0n) is 16.1. The van der Waals surface area contributed by atoms with Crippen molar-refractivity contribution in [3.05, 3.63) is 41.5 Å². The number of fused-ring (bicyclic) bond motifs is 1. The molecule has 0 saturated heterocycles. The number of nitrogens with one attached hydrogen (secondary N) is 1. The molecule has 4 fully saturated rings. The fraction of sp³-hybridized carbons (Fsp3) is 0.478. The molecular formula is C23H25N3OS. The van der Waals surface area contributed by atoms with Crippen LogP contribution < -0.4 is 10.1 Å². The van der Waals surface area contributed by atoms with E-state index in [0.29, 0.717) is 6.10 Å². The lowest BCUT2D eigenvalue weighted by atomic mass is 9.55. The quantitative estimate of drug-likeness (QED) is 0.597. The fourth-order valence-corrected chi connectivity index (χ4v) is 7.02. The predicted octanol–water partition coefficient (Wildman–Crippen LogP) is 5.95. The van der Waals surface area contributed by atoms with Gasteiger partial charge >= 0.3 is 0 Å². The van der Waals surface area contributed by atoms with E-state index in [2.05, 4.69) is 51.9 Å². The maximum absolute atomic E-state index is 6.72. The molecule has 1 aromatic carbocycles. The standard InChI is InChI=1S/C23H25N3OS/c1-13-11-28-23-20(13)22(24-12-25-23)26-18-4-2-3-5-19(18)27-21-16-7-14-6-15(9-16)10-17(21)8-14/h2-5,11-12,14-17,21H,6-10H2,1H3,(H,24,25,26). The molecule has 144 valence electrons. The third-order valence-electron chi connectivity index (χ3n) is 7.10. The van der Waals surface area contributed by atoms with Gasteiger partial charge in [-0.1, -0.05) is 12.1 Å². The van der Waals surface area contributed by atoms with Crippen molar-refractivity contribution in [3.8, 4) is 5.75 Å². The van der Waals surface area contributed by atoms with Crippen molar-refractivity contribution in [2.24, 2.45) is 23.7 Å². The third-order valence-corrected chi connectivity index (χ3v) is 8.10. The van der Waals surface area contributed by atoms with E-state index in [0.717, 1.165) is 51.1 Å². The fourth-order valence-electron chi connectivity index (χ4n) is 6.13. The lowest BCUT2D eigenvalue weighted by Crippen LogP contribution is -2.50. The number of para-hydroxylation sites is 2. The van der Waals surface area contributed by atoms with Crippen molar-refractivity contribution in [2.45, 2.75) is 45.1 Å². The van der Waals surface area contributed by atoms with Crippen LogP contribution in [0.15, 0.2) is 36.0 Å². The van der Waals surface area contributed by atoms with Gasteiger partial charge in [0.1, 0.15) is 28.8 Å². The highest BCUT2D eigenvalue weighted by molar-refractivity contribution is 7.17. The summed E-state index contributed by atoms with van der Waals surface area (Å²) in [6.07, 6.45) is 8.97. The van der Waals surface area contributed by atoms with Crippen LogP contribution in [0.5, 0.6) is 5.75 Å². The monoisotopic (exact) mass is 391 g/mol. The first-order valence-electron chi connectivity index (χ1n) is 10.5. The molecule has 5 heteroatoms. The van der Waals surface area contributed by atoms with Crippen LogP contribution in [0.2, 0.25) is 0 Å². The molecule has 4 aliphatic carbocycles. The van der Waals surface area contributed by atoms with Crippen LogP contribution in [0.3, 0.4) is 0 Å². The van der Waals surface area contributed by atoms with Crippen molar-refractivity contribution in [2.75, 3.05) is 5.32 Å². The summed E-state index contributed by atoms with van der Waals surface area (Å²) in [7, 11) is 0. The van der Waals surface area contributed by atoms with Gasteiger partial charge in [-0.05, 0) is 85.8 Å². The average molecular weight is 392 g/mol. The minimum atomic E-state index is 0.379. The van der Waals surface area contributed by atoms with E-state index in [9.17, 15) is 0 Å². The summed E-state index contributed by atoms with van der Waals surface area (Å²) in [4.78, 5) is 9.95. The van der Waals surface area contributed by atoms with Gasteiger partial charge in [0, 0.05) is 0 Å². The maximum atomic E-state index is 6.72. The Kier molecular flexibility index (Phi) is 3.86. The largest absolute Gasteiger partial charge is 0.488 e. The summed E-state index contributed by atoms with van der Waals surface area (Å²) in [6.45, 7) is 2.12. The van der Waals surface area contributed by atoms with Crippen molar-refractivity contribution >= 4 is 33.1 Å². The van der Waals surface area contributed by atoms with Crippen LogP contribution in [0, 0.1) is 30.6 Å². The van der Waals surface area contributed by atoms with Crippen LogP contribution >= 0.6 is 11.3 Å². The number of nitrogens with zero attached hydrogens (tertiary/aromatic N) is 2. The molecule has 0 radical (unpaired) electrons. The molecule has 0 unspecified atom stereocenters. The topological polar surface area (TPSA) is 47.0 Å². The van der Waals surface area contributed by atoms with Crippen LogP contribution in [-0.4, -0.2) is 16.1 Å². The van der Waals surface area contributed by atoms with Crippen molar-refractivity contribution < 1.29 is 4.74 Å². The number of aryl methyl sites for hydroxylation is 1. The number of rotatable bonds is 4. The molecule has 7 rings (SSSR count). The normalized spacial score (nSPS) is 30.7. The first kappa shape index (κ1) is 16.8. The number of hydrogen-bond donors (Lipinski definition) is 1. The number of thiophene rings is 1. The van der Waals surface area contributed by atoms with Crippen LogP contribution in [0.25, 0.3) is 10.2 Å². The minimum Gasteiger partial charge on any atom is -0.488 e. The van der Waals surface area contributed by atoms with Crippen molar-refractivity contribution in [1.29, 1.82) is 0 Å². The highest BCUT2D eigenvalue weighted by Gasteiger charge is 2.49. The smallest absolute Gasteiger partial charge is 0.143 e. The molecule has 0 aliphatic heterocycles. The molecule has 0 atom stereocenters. The molecule has 4 aliphatic rings. The molecule has 4 nitrogen and oxygen atoms in total. The number of benzene rings is 1. The van der Waals surface area contributed by atoms with Gasteiger partial charge < -0.3 is 10.1 Å². The Labute approximate surface area is 169 Å². The lowest BCUT2D eigenvalue weighted by Gasteiger charge is -2.53. The Bertz CT molecular complexity index is 1000. The van der Waals surface area contributed by atoms with Gasteiger partial charge in [-0.2, -0.15) is 0 Å². The van der Waals surface area contributed by atoms with Gasteiger partial charge in [-0.3, -0.25) is 0 Å². The molecule has 2 heterocycles. The van der Waals surface area contributed by atoms with Crippen molar-refractivity contribution in [3.63, 3.8) is 0 Å². The second kappa shape index (κ2) is 6.45. The Balaban J connectivity index is 1.30. The molecule has 3 aromatic rings. The third kappa shape index (κ3) is 2.71. The Morgan fingerprint density at radius 1 is 1.00 bits per heavy atom. The number of aromatic nitrogens is 2. The predicted molar refractivity (Wildman–Crippen MR) is 113 cm³/mol. The van der Waals surface area contributed by atoms with Crippen molar-refractivity contribution in [1.82, 2.24) is 9.97 Å². The van der Waals surface area contributed by atoms with Gasteiger partial charge in [-0.15, -0.1) is 11.3 Å². The molecule has 28 heavy (non-hydrogen) atoms. The van der Waals surface area contributed by atoms with Gasteiger partial charge in [-0.25, -0.2) is 9.97 Å². The highest BCUT2D eigenvalue weighted by atomic mass is 32.1. The van der Waals surface area contributed by atoms with Gasteiger partial charge in [0.25, 0.3) is 0 Å². The van der Waals surface area contributed by atoms with Gasteiger partial charge in [0.05, 0.1) is 11.1 Å². The zero-order valence-corrected chi connectivity index (χ0v) is 16.9. The highest BCUT2D eigenvalue weighted by Crippen LogP contribution is 2.55. The van der Waals surface area contributed by atoms with Crippen LogP contribution in [0.4, 0.5) is 11.5 Å². The maximum Gasteiger partial charge on any atom is 0.143 e. The second-order valence-electron chi connectivity index (χ2n) is 8.96. The second-order valence-corrected chi connectivity index (χ2v) is 9.81. The molecule has 0 amide bonds. The molecular weight excluding hydrogens is 366 g/mol. The summed E-state index contributed by atoms with van der Waals surface area (Å²) in [5.41, 5.74) is 2.21. The Morgan fingerprint density at radius 2 is 1.75 bits per heavy atom. The zero-order chi connectivity index (χ0) is 18.7. The average Bonchev–Trinajstić information content (AvgIpc) is 3.07. The molecule has 4 bridgehead atoms. The molecule has 0 spiro atoms. The summed E-state index contributed by atoms with van der Waals surface area (Å²) < 4.78 is 6.72. The van der Waals surface area contributed by atoms with Gasteiger partial charge in [0.2, 0.25) is 0 Å².